The van der Waals surface area contributed by atoms with Crippen molar-refractivity contribution in [2.24, 2.45) is 0 Å². The van der Waals surface area contributed by atoms with Crippen molar-refractivity contribution in [1.29, 1.82) is 0 Å². The lowest BCUT2D eigenvalue weighted by Crippen LogP contribution is -2.11. The third-order valence-corrected chi connectivity index (χ3v) is 4.87. The molecule has 0 aliphatic rings. The van der Waals surface area contributed by atoms with Gasteiger partial charge in [-0.3, -0.25) is 10.1 Å². The van der Waals surface area contributed by atoms with Gasteiger partial charge >= 0.3 is 5.91 Å². The smallest absolute Gasteiger partial charge is 0.309 e. The van der Waals surface area contributed by atoms with Gasteiger partial charge in [-0.1, -0.05) is 22.9 Å². The Morgan fingerprint density at radius 2 is 1.96 bits per heavy atom. The number of pyridine rings is 1. The van der Waals surface area contributed by atoms with Gasteiger partial charge in [-0.2, -0.15) is 0 Å². The molecule has 0 spiro atoms. The Balaban J connectivity index is 2.02. The van der Waals surface area contributed by atoms with Gasteiger partial charge in [-0.25, -0.2) is 9.78 Å². The van der Waals surface area contributed by atoms with Crippen LogP contribution >= 0.6 is 21.6 Å². The Hall–Kier alpha value is -2.66. The Bertz CT molecular complexity index is 786. The number of rotatable bonds is 7. The van der Waals surface area contributed by atoms with Crippen LogP contribution < -0.4 is 0 Å². The van der Waals surface area contributed by atoms with E-state index in [0.717, 1.165) is 4.90 Å². The first-order valence-corrected chi connectivity index (χ1v) is 8.46. The van der Waals surface area contributed by atoms with Crippen LogP contribution in [0.4, 0.5) is 0 Å². The van der Waals surface area contributed by atoms with Gasteiger partial charge in [0.2, 0.25) is 0 Å². The molecule has 0 bridgehead atoms. The molecule has 2 rings (SSSR count). The van der Waals surface area contributed by atoms with Crippen LogP contribution in [-0.2, 0) is 11.4 Å². The predicted molar refractivity (Wildman–Crippen MR) is 85.5 cm³/mol. The van der Waals surface area contributed by atoms with Crippen molar-refractivity contribution in [3.63, 3.8) is 0 Å². The Morgan fingerprint density at radius 3 is 2.67 bits per heavy atom. The number of aromatic nitrogens is 1. The first-order chi connectivity index (χ1) is 11.5. The number of carbonyl (C=O) groups excluding carboxylic acids is 1. The average Bonchev–Trinajstić information content (AvgIpc) is 2.58. The third kappa shape index (κ3) is 5.21. The topological polar surface area (TPSA) is 125 Å². The molecular weight excluding hydrogens is 358 g/mol. The normalized spacial score (nSPS) is 10.2. The summed E-state index contributed by atoms with van der Waals surface area (Å²) in [5.74, 6) is -1.19. The Labute approximate surface area is 143 Å². The number of nitrogens with zero attached hydrogens (tertiary/aromatic N) is 3. The molecule has 1 heterocycles. The SMILES string of the molecule is O=C(c1ccnc(SSc2cccc(CO[N+](=O)[O-])c2)c1)[N+](=O)[O-]. The molecule has 0 unspecified atom stereocenters. The second kappa shape index (κ2) is 8.26. The van der Waals surface area contributed by atoms with Crippen molar-refractivity contribution in [2.45, 2.75) is 16.5 Å². The minimum absolute atomic E-state index is 0.0498. The maximum atomic E-state index is 11.3. The molecule has 0 radical (unpaired) electrons. The fourth-order valence-electron chi connectivity index (χ4n) is 1.60. The summed E-state index contributed by atoms with van der Waals surface area (Å²) in [6.07, 6.45) is 1.32. The van der Waals surface area contributed by atoms with Crippen molar-refractivity contribution >= 4 is 27.5 Å². The second-order valence-electron chi connectivity index (χ2n) is 4.26. The van der Waals surface area contributed by atoms with E-state index < -0.39 is 15.9 Å². The molecular formula is C13H9N3O6S2. The summed E-state index contributed by atoms with van der Waals surface area (Å²) in [5.41, 5.74) is 0.578. The highest BCUT2D eigenvalue weighted by Gasteiger charge is 2.18. The van der Waals surface area contributed by atoms with E-state index in [9.17, 15) is 25.0 Å². The lowest BCUT2D eigenvalue weighted by molar-refractivity contribution is -0.763. The van der Waals surface area contributed by atoms with Gasteiger partial charge in [0.15, 0.2) is 0 Å². The molecule has 9 nitrogen and oxygen atoms in total. The van der Waals surface area contributed by atoms with E-state index in [4.69, 9.17) is 0 Å². The minimum atomic E-state index is -1.19. The highest BCUT2D eigenvalue weighted by atomic mass is 33.1. The summed E-state index contributed by atoms with van der Waals surface area (Å²) >= 11 is 0. The van der Waals surface area contributed by atoms with Gasteiger partial charge < -0.3 is 4.84 Å². The molecule has 1 amide bonds. The summed E-state index contributed by atoms with van der Waals surface area (Å²) in [7, 11) is 2.50. The Morgan fingerprint density at radius 1 is 1.17 bits per heavy atom. The van der Waals surface area contributed by atoms with Crippen LogP contribution in [0.15, 0.2) is 52.5 Å². The summed E-state index contributed by atoms with van der Waals surface area (Å²) in [6, 6.07) is 9.53. The third-order valence-electron chi connectivity index (χ3n) is 2.61. The number of benzene rings is 1. The van der Waals surface area contributed by atoms with Crippen LogP contribution in [0, 0.1) is 20.2 Å². The summed E-state index contributed by atoms with van der Waals surface area (Å²) in [5, 5.41) is 20.3. The molecule has 0 saturated carbocycles. The number of hydrogen-bond donors (Lipinski definition) is 0. The van der Waals surface area contributed by atoms with E-state index >= 15 is 0 Å². The van der Waals surface area contributed by atoms with E-state index in [0.29, 0.717) is 10.6 Å². The van der Waals surface area contributed by atoms with Gasteiger partial charge in [0.1, 0.15) is 22.1 Å². The zero-order chi connectivity index (χ0) is 17.5. The molecule has 0 atom stereocenters. The van der Waals surface area contributed by atoms with Crippen molar-refractivity contribution < 1.29 is 19.6 Å². The van der Waals surface area contributed by atoms with Gasteiger partial charge in [0.25, 0.3) is 5.09 Å². The van der Waals surface area contributed by atoms with Crippen molar-refractivity contribution in [2.75, 3.05) is 0 Å². The first kappa shape index (κ1) is 17.7. The number of nitro groups is 1. The van der Waals surface area contributed by atoms with Crippen molar-refractivity contribution in [3.8, 4) is 0 Å². The number of carbonyl (C=O) groups is 1. The van der Waals surface area contributed by atoms with E-state index in [-0.39, 0.29) is 12.2 Å². The maximum absolute atomic E-state index is 11.3. The molecule has 0 aliphatic heterocycles. The van der Waals surface area contributed by atoms with Crippen LogP contribution in [0.2, 0.25) is 0 Å². The predicted octanol–water partition coefficient (Wildman–Crippen LogP) is 3.01. The van der Waals surface area contributed by atoms with E-state index in [1.807, 2.05) is 0 Å². The monoisotopic (exact) mass is 367 g/mol. The Kier molecular flexibility index (Phi) is 6.09. The van der Waals surface area contributed by atoms with E-state index in [2.05, 4.69) is 9.82 Å². The summed E-state index contributed by atoms with van der Waals surface area (Å²) < 4.78 is 0. The molecule has 124 valence electrons. The summed E-state index contributed by atoms with van der Waals surface area (Å²) in [6.45, 7) is -0.156. The average molecular weight is 367 g/mol. The number of amides is 1. The van der Waals surface area contributed by atoms with Crippen LogP contribution in [0.1, 0.15) is 15.9 Å². The van der Waals surface area contributed by atoms with Crippen molar-refractivity contribution in [1.82, 2.24) is 4.98 Å². The lowest BCUT2D eigenvalue weighted by atomic mass is 10.2. The second-order valence-corrected chi connectivity index (χ2v) is 6.48. The lowest BCUT2D eigenvalue weighted by Gasteiger charge is -2.04. The number of hydrogen-bond acceptors (Lipinski definition) is 9. The zero-order valence-corrected chi connectivity index (χ0v) is 13.5. The minimum Gasteiger partial charge on any atom is -0.309 e. The first-order valence-electron chi connectivity index (χ1n) is 6.31. The van der Waals surface area contributed by atoms with E-state index in [1.54, 1.807) is 24.3 Å². The fourth-order valence-corrected chi connectivity index (χ4v) is 3.52. The highest BCUT2D eigenvalue weighted by Crippen LogP contribution is 2.36. The van der Waals surface area contributed by atoms with E-state index in [1.165, 1.54) is 39.9 Å². The molecule has 0 saturated heterocycles. The molecule has 2 aromatic rings. The largest absolute Gasteiger partial charge is 0.476 e. The quantitative estimate of drug-likeness (QED) is 0.412. The van der Waals surface area contributed by atoms with Crippen molar-refractivity contribution in [3.05, 3.63) is 74.0 Å². The molecule has 0 aliphatic carbocycles. The summed E-state index contributed by atoms with van der Waals surface area (Å²) in [4.78, 5) is 40.2. The highest BCUT2D eigenvalue weighted by molar-refractivity contribution is 8.76. The molecule has 24 heavy (non-hydrogen) atoms. The molecule has 1 aromatic heterocycles. The standard InChI is InChI=1S/C13H9N3O6S2/c17-13(15(18)19)10-4-5-14-12(7-10)24-23-11-3-1-2-9(6-11)8-22-16(20)21/h1-7H,8H2. The molecule has 1 aromatic carbocycles. The van der Waals surface area contributed by atoms with Crippen LogP contribution in [0.3, 0.4) is 0 Å². The molecule has 0 fully saturated rings. The van der Waals surface area contributed by atoms with Gasteiger partial charge in [-0.15, -0.1) is 10.1 Å². The fraction of sp³-hybridized carbons (Fsp3) is 0.0769. The molecule has 11 heteroatoms. The molecule has 0 N–H and O–H groups in total. The van der Waals surface area contributed by atoms with Gasteiger partial charge in [-0.05, 0) is 40.6 Å². The van der Waals surface area contributed by atoms with Crippen LogP contribution in [0.25, 0.3) is 0 Å². The van der Waals surface area contributed by atoms with Gasteiger partial charge in [0.05, 0.1) is 0 Å². The maximum Gasteiger partial charge on any atom is 0.476 e. The van der Waals surface area contributed by atoms with Crippen LogP contribution in [0.5, 0.6) is 0 Å². The van der Waals surface area contributed by atoms with Gasteiger partial charge in [0, 0.05) is 11.1 Å². The van der Waals surface area contributed by atoms with Crippen LogP contribution in [-0.4, -0.2) is 20.9 Å². The zero-order valence-electron chi connectivity index (χ0n) is 11.9.